The van der Waals surface area contributed by atoms with Gasteiger partial charge in [0.05, 0.1) is 27.7 Å². The van der Waals surface area contributed by atoms with Crippen LogP contribution in [0, 0.1) is 0 Å². The Morgan fingerprint density at radius 3 is 2.12 bits per heavy atom. The zero-order valence-electron chi connectivity index (χ0n) is 23.7. The summed E-state index contributed by atoms with van der Waals surface area (Å²) in [6.45, 7) is 6.81. The number of hydrogen-bond acceptors (Lipinski definition) is 5. The minimum absolute atomic E-state index is 0.0106. The number of sulfonamides is 1. The molecule has 41 heavy (non-hydrogen) atoms. The van der Waals surface area contributed by atoms with Gasteiger partial charge in [-0.15, -0.1) is 0 Å². The number of para-hydroxylation sites is 1. The summed E-state index contributed by atoms with van der Waals surface area (Å²) < 4.78 is 34.0. The van der Waals surface area contributed by atoms with Crippen LogP contribution in [0.25, 0.3) is 0 Å². The van der Waals surface area contributed by atoms with Crippen molar-refractivity contribution in [2.75, 3.05) is 18.0 Å². The van der Waals surface area contributed by atoms with Gasteiger partial charge in [0.25, 0.3) is 10.0 Å². The zero-order valence-corrected chi connectivity index (χ0v) is 26.1. The molecule has 8 nitrogen and oxygen atoms in total. The average molecular weight is 621 g/mol. The van der Waals surface area contributed by atoms with E-state index < -0.39 is 34.1 Å². The van der Waals surface area contributed by atoms with Crippen molar-refractivity contribution in [1.29, 1.82) is 0 Å². The topological polar surface area (TPSA) is 96.0 Å². The fraction of sp³-hybridized carbons (Fsp3) is 0.333. The normalized spacial score (nSPS) is 12.4. The van der Waals surface area contributed by atoms with Crippen LogP contribution < -0.4 is 14.4 Å². The first-order valence-corrected chi connectivity index (χ1v) is 15.2. The monoisotopic (exact) mass is 619 g/mol. The number of ether oxygens (including phenoxy) is 1. The number of nitrogens with one attached hydrogen (secondary N) is 1. The van der Waals surface area contributed by atoms with E-state index in [0.717, 1.165) is 4.31 Å². The summed E-state index contributed by atoms with van der Waals surface area (Å²) >= 11 is 12.3. The van der Waals surface area contributed by atoms with Gasteiger partial charge < -0.3 is 15.0 Å². The maximum absolute atomic E-state index is 14.1. The van der Waals surface area contributed by atoms with Crippen molar-refractivity contribution >= 4 is 50.7 Å². The third kappa shape index (κ3) is 8.38. The Balaban J connectivity index is 2.06. The molecule has 220 valence electrons. The molecule has 0 saturated heterocycles. The van der Waals surface area contributed by atoms with E-state index in [4.69, 9.17) is 27.9 Å². The van der Waals surface area contributed by atoms with Crippen LogP contribution in [0.4, 0.5) is 5.69 Å². The van der Waals surface area contributed by atoms with Crippen molar-refractivity contribution in [1.82, 2.24) is 10.2 Å². The zero-order chi connectivity index (χ0) is 30.4. The number of methoxy groups -OCH3 is 1. The highest BCUT2D eigenvalue weighted by atomic mass is 35.5. The predicted molar refractivity (Wildman–Crippen MR) is 163 cm³/mol. The summed E-state index contributed by atoms with van der Waals surface area (Å²) in [5, 5.41) is 3.60. The highest BCUT2D eigenvalue weighted by molar-refractivity contribution is 7.92. The second kappa shape index (κ2) is 13.6. The highest BCUT2D eigenvalue weighted by Gasteiger charge is 2.34. The summed E-state index contributed by atoms with van der Waals surface area (Å²) in [7, 11) is -2.70. The van der Waals surface area contributed by atoms with Gasteiger partial charge in [-0.05, 0) is 81.3 Å². The first-order chi connectivity index (χ1) is 19.3. The first-order valence-electron chi connectivity index (χ1n) is 13.0. The quantitative estimate of drug-likeness (QED) is 0.287. The summed E-state index contributed by atoms with van der Waals surface area (Å²) in [4.78, 5) is 28.9. The molecule has 1 N–H and O–H groups in total. The van der Waals surface area contributed by atoms with E-state index in [1.54, 1.807) is 67.6 Å². The minimum Gasteiger partial charge on any atom is -0.497 e. The van der Waals surface area contributed by atoms with Crippen LogP contribution >= 0.6 is 23.2 Å². The standard InChI is InChI=1S/C30H35Cl2N3O5S/c1-6-27(29(37)33-30(2,3)4)34(19-21-12-17-25(31)26(32)18-21)28(36)20-35(22-10-8-7-9-11-22)41(38,39)24-15-13-23(40-5)14-16-24/h7-18,27H,6,19-20H2,1-5H3,(H,33,37)/t27-/m1/s1. The lowest BCUT2D eigenvalue weighted by Gasteiger charge is -2.34. The molecule has 0 aromatic heterocycles. The van der Waals surface area contributed by atoms with E-state index in [2.05, 4.69) is 5.32 Å². The van der Waals surface area contributed by atoms with Crippen molar-refractivity contribution in [2.24, 2.45) is 0 Å². The van der Waals surface area contributed by atoms with Gasteiger partial charge in [-0.3, -0.25) is 13.9 Å². The highest BCUT2D eigenvalue weighted by Crippen LogP contribution is 2.27. The van der Waals surface area contributed by atoms with Crippen LogP contribution in [0.2, 0.25) is 10.0 Å². The van der Waals surface area contributed by atoms with E-state index >= 15 is 0 Å². The largest absolute Gasteiger partial charge is 0.497 e. The SMILES string of the molecule is CC[C@H](C(=O)NC(C)(C)C)N(Cc1ccc(Cl)c(Cl)c1)C(=O)CN(c1ccccc1)S(=O)(=O)c1ccc(OC)cc1. The summed E-state index contributed by atoms with van der Waals surface area (Å²) in [6, 6.07) is 18.4. The van der Waals surface area contributed by atoms with Crippen molar-refractivity contribution in [3.8, 4) is 5.75 Å². The molecule has 0 fully saturated rings. The lowest BCUT2D eigenvalue weighted by atomic mass is 10.1. The number of halogens is 2. The van der Waals surface area contributed by atoms with Gasteiger partial charge in [-0.2, -0.15) is 0 Å². The molecule has 0 bridgehead atoms. The molecule has 3 rings (SSSR count). The first kappa shape index (κ1) is 32.2. The van der Waals surface area contributed by atoms with Crippen LogP contribution in [-0.4, -0.2) is 50.4 Å². The van der Waals surface area contributed by atoms with Crippen LogP contribution in [0.15, 0.2) is 77.7 Å². The second-order valence-electron chi connectivity index (χ2n) is 10.5. The third-order valence-corrected chi connectivity index (χ3v) is 8.72. The Bertz CT molecular complexity index is 1460. The number of anilines is 1. The number of amides is 2. The lowest BCUT2D eigenvalue weighted by molar-refractivity contribution is -0.141. The molecule has 11 heteroatoms. The Hall–Kier alpha value is -3.27. The molecule has 0 heterocycles. The number of rotatable bonds is 11. The molecule has 3 aromatic rings. The maximum atomic E-state index is 14.1. The van der Waals surface area contributed by atoms with Crippen molar-refractivity contribution in [3.63, 3.8) is 0 Å². The Morgan fingerprint density at radius 1 is 0.951 bits per heavy atom. The van der Waals surface area contributed by atoms with Gasteiger partial charge >= 0.3 is 0 Å². The molecular weight excluding hydrogens is 585 g/mol. The van der Waals surface area contributed by atoms with Gasteiger partial charge in [0.2, 0.25) is 11.8 Å². The van der Waals surface area contributed by atoms with Crippen molar-refractivity contribution in [3.05, 3.63) is 88.4 Å². The summed E-state index contributed by atoms with van der Waals surface area (Å²) in [5.74, 6) is -0.416. The van der Waals surface area contributed by atoms with E-state index in [1.165, 1.54) is 24.1 Å². The van der Waals surface area contributed by atoms with Gasteiger partial charge in [0.15, 0.2) is 0 Å². The van der Waals surface area contributed by atoms with Crippen LogP contribution in [-0.2, 0) is 26.2 Å². The van der Waals surface area contributed by atoms with Gasteiger partial charge in [0.1, 0.15) is 18.3 Å². The lowest BCUT2D eigenvalue weighted by Crippen LogP contribution is -2.55. The third-order valence-electron chi connectivity index (χ3n) is 6.19. The van der Waals surface area contributed by atoms with Crippen molar-refractivity contribution < 1.29 is 22.7 Å². The number of nitrogens with zero attached hydrogens (tertiary/aromatic N) is 2. The van der Waals surface area contributed by atoms with Crippen LogP contribution in [0.3, 0.4) is 0 Å². The summed E-state index contributed by atoms with van der Waals surface area (Å²) in [5.41, 5.74) is 0.397. The van der Waals surface area contributed by atoms with Crippen LogP contribution in [0.1, 0.15) is 39.7 Å². The molecule has 0 aliphatic heterocycles. The fourth-order valence-electron chi connectivity index (χ4n) is 4.21. The smallest absolute Gasteiger partial charge is 0.264 e. The minimum atomic E-state index is -4.18. The molecule has 3 aromatic carbocycles. The second-order valence-corrected chi connectivity index (χ2v) is 13.1. The van der Waals surface area contributed by atoms with Crippen LogP contribution in [0.5, 0.6) is 5.75 Å². The molecular formula is C30H35Cl2N3O5S. The maximum Gasteiger partial charge on any atom is 0.264 e. The average Bonchev–Trinajstić information content (AvgIpc) is 2.92. The Morgan fingerprint density at radius 2 is 1.59 bits per heavy atom. The van der Waals surface area contributed by atoms with Gasteiger partial charge in [0, 0.05) is 12.1 Å². The van der Waals surface area contributed by atoms with E-state index in [1.807, 2.05) is 20.8 Å². The molecule has 1 atom stereocenters. The molecule has 2 amide bonds. The molecule has 0 radical (unpaired) electrons. The van der Waals surface area contributed by atoms with Gasteiger partial charge in [-0.25, -0.2) is 8.42 Å². The number of carbonyl (C=O) groups excluding carboxylic acids is 2. The molecule has 0 aliphatic carbocycles. The van der Waals surface area contributed by atoms with Gasteiger partial charge in [-0.1, -0.05) is 54.4 Å². The number of carbonyl (C=O) groups is 2. The molecule has 0 spiro atoms. The van der Waals surface area contributed by atoms with E-state index in [9.17, 15) is 18.0 Å². The number of benzene rings is 3. The Labute approximate surface area is 252 Å². The van der Waals surface area contributed by atoms with Crippen molar-refractivity contribution in [2.45, 2.75) is 57.1 Å². The molecule has 0 unspecified atom stereocenters. The summed E-state index contributed by atoms with van der Waals surface area (Å²) in [6.07, 6.45) is 0.297. The molecule has 0 saturated carbocycles. The van der Waals surface area contributed by atoms with E-state index in [0.29, 0.717) is 33.5 Å². The van der Waals surface area contributed by atoms with E-state index in [-0.39, 0.29) is 17.3 Å². The Kier molecular flexibility index (Phi) is 10.7. The predicted octanol–water partition coefficient (Wildman–Crippen LogP) is 5.92. The number of hydrogen-bond donors (Lipinski definition) is 1. The fourth-order valence-corrected chi connectivity index (χ4v) is 5.94. The molecule has 0 aliphatic rings.